The first-order chi connectivity index (χ1) is 7.56. The highest BCUT2D eigenvalue weighted by Crippen LogP contribution is 1.89. The van der Waals surface area contributed by atoms with E-state index in [1.165, 1.54) is 0 Å². The molecule has 0 aromatic carbocycles. The number of rotatable bonds is 9. The van der Waals surface area contributed by atoms with E-state index < -0.39 is 0 Å². The number of nitrogens with zero attached hydrogens (tertiary/aromatic N) is 2. The summed E-state index contributed by atoms with van der Waals surface area (Å²) in [5, 5.41) is 14.5. The van der Waals surface area contributed by atoms with Crippen LogP contribution in [0.5, 0.6) is 0 Å². The number of likely N-dealkylation sites (N-methyl/N-ethyl adjacent to an activating group) is 1. The third-order valence-corrected chi connectivity index (χ3v) is 2.07. The van der Waals surface area contributed by atoms with Crippen LogP contribution in [-0.2, 0) is 4.74 Å². The quantitative estimate of drug-likeness (QED) is 0.167. The Hall–Kier alpha value is -0.850. The fourth-order valence-corrected chi connectivity index (χ4v) is 1.15. The molecule has 0 aliphatic carbocycles. The summed E-state index contributed by atoms with van der Waals surface area (Å²) >= 11 is 0. The van der Waals surface area contributed by atoms with Crippen molar-refractivity contribution in [3.05, 3.63) is 0 Å². The molecule has 6 nitrogen and oxygen atoms in total. The summed E-state index contributed by atoms with van der Waals surface area (Å²) in [6, 6.07) is 0.188. The molecule has 1 atom stereocenters. The SMILES string of the molecule is CC(CC(N)=NO)NCCOCCN(C)C. The lowest BCUT2D eigenvalue weighted by molar-refractivity contribution is 0.118. The normalized spacial score (nSPS) is 14.4. The van der Waals surface area contributed by atoms with Crippen LogP contribution < -0.4 is 11.1 Å². The molecule has 6 heteroatoms. The molecule has 0 aliphatic heterocycles. The number of nitrogens with two attached hydrogens (primary N) is 1. The van der Waals surface area contributed by atoms with Crippen molar-refractivity contribution in [1.82, 2.24) is 10.2 Å². The summed E-state index contributed by atoms with van der Waals surface area (Å²) in [5.41, 5.74) is 5.38. The molecule has 0 fully saturated rings. The predicted molar refractivity (Wildman–Crippen MR) is 64.9 cm³/mol. The van der Waals surface area contributed by atoms with Gasteiger partial charge in [-0.25, -0.2) is 0 Å². The second-order valence-electron chi connectivity index (χ2n) is 4.07. The molecule has 16 heavy (non-hydrogen) atoms. The Labute approximate surface area is 97.4 Å². The zero-order valence-corrected chi connectivity index (χ0v) is 10.4. The van der Waals surface area contributed by atoms with Crippen LogP contribution in [-0.4, -0.2) is 62.4 Å². The van der Waals surface area contributed by atoms with E-state index in [0.717, 1.165) is 19.7 Å². The summed E-state index contributed by atoms with van der Waals surface area (Å²) in [5.74, 6) is 0.244. The Balaban J connectivity index is 3.31. The maximum Gasteiger partial charge on any atom is 0.140 e. The molecular formula is C10H24N4O2. The van der Waals surface area contributed by atoms with E-state index in [9.17, 15) is 0 Å². The molecular weight excluding hydrogens is 208 g/mol. The molecule has 0 saturated heterocycles. The first kappa shape index (κ1) is 15.2. The number of hydrogen-bond acceptors (Lipinski definition) is 5. The number of nitrogens with one attached hydrogen (secondary N) is 1. The molecule has 4 N–H and O–H groups in total. The lowest BCUT2D eigenvalue weighted by Crippen LogP contribution is -2.33. The number of amidine groups is 1. The smallest absolute Gasteiger partial charge is 0.140 e. The summed E-state index contributed by atoms with van der Waals surface area (Å²) in [6.07, 6.45) is 0.536. The summed E-state index contributed by atoms with van der Waals surface area (Å²) < 4.78 is 5.41. The molecule has 0 spiro atoms. The minimum absolute atomic E-state index is 0.188. The van der Waals surface area contributed by atoms with Crippen molar-refractivity contribution in [1.29, 1.82) is 0 Å². The van der Waals surface area contributed by atoms with Gasteiger partial charge in [0.2, 0.25) is 0 Å². The van der Waals surface area contributed by atoms with E-state index in [1.807, 2.05) is 21.0 Å². The Morgan fingerprint density at radius 1 is 1.50 bits per heavy atom. The van der Waals surface area contributed by atoms with E-state index >= 15 is 0 Å². The van der Waals surface area contributed by atoms with E-state index in [-0.39, 0.29) is 11.9 Å². The van der Waals surface area contributed by atoms with Crippen molar-refractivity contribution in [3.63, 3.8) is 0 Å². The largest absolute Gasteiger partial charge is 0.409 e. The van der Waals surface area contributed by atoms with Crippen molar-refractivity contribution in [2.45, 2.75) is 19.4 Å². The Morgan fingerprint density at radius 3 is 2.75 bits per heavy atom. The molecule has 0 amide bonds. The molecule has 0 aromatic heterocycles. The van der Waals surface area contributed by atoms with Gasteiger partial charge >= 0.3 is 0 Å². The van der Waals surface area contributed by atoms with Gasteiger partial charge in [0.05, 0.1) is 13.2 Å². The summed E-state index contributed by atoms with van der Waals surface area (Å²) in [7, 11) is 4.03. The topological polar surface area (TPSA) is 83.1 Å². The van der Waals surface area contributed by atoms with Crippen molar-refractivity contribution in [2.75, 3.05) is 40.4 Å². The average molecular weight is 232 g/mol. The van der Waals surface area contributed by atoms with E-state index in [0.29, 0.717) is 13.0 Å². The minimum atomic E-state index is 0.188. The maximum absolute atomic E-state index is 8.38. The molecule has 1 unspecified atom stereocenters. The van der Waals surface area contributed by atoms with Crippen LogP contribution >= 0.6 is 0 Å². The lowest BCUT2D eigenvalue weighted by Gasteiger charge is -2.13. The molecule has 0 aliphatic rings. The van der Waals surface area contributed by atoms with E-state index in [2.05, 4.69) is 15.4 Å². The Kier molecular flexibility index (Phi) is 8.88. The summed E-state index contributed by atoms with van der Waals surface area (Å²) in [4.78, 5) is 2.08. The standard InChI is InChI=1S/C10H24N4O2/c1-9(8-10(11)13-15)12-4-6-16-7-5-14(2)3/h9,12,15H,4-8H2,1-3H3,(H2,11,13). The fourth-order valence-electron chi connectivity index (χ4n) is 1.15. The Bertz CT molecular complexity index is 197. The maximum atomic E-state index is 8.38. The van der Waals surface area contributed by atoms with Crippen molar-refractivity contribution >= 4 is 5.84 Å². The van der Waals surface area contributed by atoms with Crippen LogP contribution in [0.2, 0.25) is 0 Å². The number of ether oxygens (including phenoxy) is 1. The second kappa shape index (κ2) is 9.38. The van der Waals surface area contributed by atoms with Crippen molar-refractivity contribution in [2.24, 2.45) is 10.9 Å². The van der Waals surface area contributed by atoms with Crippen LogP contribution in [0, 0.1) is 0 Å². The fraction of sp³-hybridized carbons (Fsp3) is 0.900. The zero-order valence-electron chi connectivity index (χ0n) is 10.4. The third kappa shape index (κ3) is 9.70. The van der Waals surface area contributed by atoms with Gasteiger partial charge in [-0.15, -0.1) is 0 Å². The van der Waals surface area contributed by atoms with Crippen LogP contribution in [0.3, 0.4) is 0 Å². The highest BCUT2D eigenvalue weighted by Gasteiger charge is 2.03. The lowest BCUT2D eigenvalue weighted by atomic mass is 10.2. The molecule has 0 aromatic rings. The van der Waals surface area contributed by atoms with Crippen LogP contribution in [0.15, 0.2) is 5.16 Å². The minimum Gasteiger partial charge on any atom is -0.409 e. The van der Waals surface area contributed by atoms with Gasteiger partial charge in [0.1, 0.15) is 5.84 Å². The first-order valence-electron chi connectivity index (χ1n) is 5.48. The van der Waals surface area contributed by atoms with Crippen LogP contribution in [0.1, 0.15) is 13.3 Å². The van der Waals surface area contributed by atoms with Gasteiger partial charge in [0.25, 0.3) is 0 Å². The van der Waals surface area contributed by atoms with Gasteiger partial charge in [-0.1, -0.05) is 5.16 Å². The molecule has 0 radical (unpaired) electrons. The zero-order chi connectivity index (χ0) is 12.4. The van der Waals surface area contributed by atoms with Crippen LogP contribution in [0.4, 0.5) is 0 Å². The van der Waals surface area contributed by atoms with Crippen molar-refractivity contribution < 1.29 is 9.94 Å². The van der Waals surface area contributed by atoms with E-state index in [4.69, 9.17) is 15.7 Å². The van der Waals surface area contributed by atoms with Gasteiger partial charge in [-0.3, -0.25) is 0 Å². The van der Waals surface area contributed by atoms with E-state index in [1.54, 1.807) is 0 Å². The van der Waals surface area contributed by atoms with Crippen molar-refractivity contribution in [3.8, 4) is 0 Å². The van der Waals surface area contributed by atoms with Gasteiger partial charge in [-0.05, 0) is 21.0 Å². The average Bonchev–Trinajstić information content (AvgIpc) is 2.22. The van der Waals surface area contributed by atoms with Gasteiger partial charge in [0.15, 0.2) is 0 Å². The molecule has 0 rings (SSSR count). The Morgan fingerprint density at radius 2 is 2.19 bits per heavy atom. The molecule has 0 bridgehead atoms. The van der Waals surface area contributed by atoms with Crippen LogP contribution in [0.25, 0.3) is 0 Å². The molecule has 96 valence electrons. The van der Waals surface area contributed by atoms with Gasteiger partial charge < -0.3 is 25.9 Å². The summed E-state index contributed by atoms with van der Waals surface area (Å²) in [6.45, 7) is 5.10. The second-order valence-corrected chi connectivity index (χ2v) is 4.07. The molecule has 0 saturated carbocycles. The highest BCUT2D eigenvalue weighted by atomic mass is 16.5. The molecule has 0 heterocycles. The number of oxime groups is 1. The first-order valence-corrected chi connectivity index (χ1v) is 5.48. The predicted octanol–water partition coefficient (Wildman–Crippen LogP) is -0.321. The monoisotopic (exact) mass is 232 g/mol. The number of hydrogen-bond donors (Lipinski definition) is 3. The highest BCUT2D eigenvalue weighted by molar-refractivity contribution is 5.80. The van der Waals surface area contributed by atoms with Gasteiger partial charge in [-0.2, -0.15) is 0 Å². The van der Waals surface area contributed by atoms with Gasteiger partial charge in [0, 0.05) is 25.6 Å². The third-order valence-electron chi connectivity index (χ3n) is 2.07.